The van der Waals surface area contributed by atoms with Crippen LogP contribution in [0.3, 0.4) is 0 Å². The Hall–Kier alpha value is -1.31. The summed E-state index contributed by atoms with van der Waals surface area (Å²) in [5, 5.41) is 0. The van der Waals surface area contributed by atoms with Gasteiger partial charge in [0, 0.05) is 31.6 Å². The number of hydrogen-bond donors (Lipinski definition) is 0. The fraction of sp³-hybridized carbons (Fsp3) is 0.500. The van der Waals surface area contributed by atoms with Crippen LogP contribution in [0.2, 0.25) is 0 Å². The smallest absolute Gasteiger partial charge is 0.133 e. The highest BCUT2D eigenvalue weighted by Gasteiger charge is 2.12. The number of Topliss-reactive ketones (excluding diaryl/α,β-unsaturated/α-hetero) is 1. The maximum Gasteiger partial charge on any atom is 0.133 e. The zero-order valence-corrected chi connectivity index (χ0v) is 9.91. The number of benzene rings is 1. The van der Waals surface area contributed by atoms with E-state index in [-0.39, 0.29) is 0 Å². The highest BCUT2D eigenvalue weighted by molar-refractivity contribution is 5.78. The maximum absolute atomic E-state index is 11.3. The molecule has 0 spiro atoms. The molecule has 0 amide bonds. The highest BCUT2D eigenvalue weighted by Crippen LogP contribution is 2.18. The lowest BCUT2D eigenvalue weighted by molar-refractivity contribution is -0.119. The molecule has 0 atom stereocenters. The summed E-state index contributed by atoms with van der Waals surface area (Å²) in [4.78, 5) is 13.7. The SMILES string of the molecule is Cc1ccc(N2CCCC(=O)CCC2)cc1. The van der Waals surface area contributed by atoms with Crippen LogP contribution in [0.5, 0.6) is 0 Å². The summed E-state index contributed by atoms with van der Waals surface area (Å²) in [6.07, 6.45) is 3.49. The maximum atomic E-state index is 11.3. The van der Waals surface area contributed by atoms with Gasteiger partial charge in [-0.3, -0.25) is 4.79 Å². The van der Waals surface area contributed by atoms with Gasteiger partial charge in [0.2, 0.25) is 0 Å². The molecule has 2 nitrogen and oxygen atoms in total. The Morgan fingerprint density at radius 2 is 1.56 bits per heavy atom. The summed E-state index contributed by atoms with van der Waals surface area (Å²) in [6.45, 7) is 4.12. The molecule has 1 fully saturated rings. The first-order chi connectivity index (χ1) is 7.75. The van der Waals surface area contributed by atoms with Crippen molar-refractivity contribution in [3.63, 3.8) is 0 Å². The van der Waals surface area contributed by atoms with Crippen molar-refractivity contribution in [3.8, 4) is 0 Å². The molecule has 2 rings (SSSR count). The van der Waals surface area contributed by atoms with Crippen molar-refractivity contribution in [1.82, 2.24) is 0 Å². The van der Waals surface area contributed by atoms with E-state index in [9.17, 15) is 4.79 Å². The third-order valence-electron chi connectivity index (χ3n) is 3.17. The van der Waals surface area contributed by atoms with Crippen LogP contribution in [0, 0.1) is 6.92 Å². The summed E-state index contributed by atoms with van der Waals surface area (Å²) in [5.41, 5.74) is 2.59. The van der Waals surface area contributed by atoms with Crippen LogP contribution in [0.1, 0.15) is 31.2 Å². The van der Waals surface area contributed by atoms with E-state index in [1.165, 1.54) is 11.3 Å². The average Bonchev–Trinajstić information content (AvgIpc) is 2.25. The van der Waals surface area contributed by atoms with E-state index in [0.29, 0.717) is 5.78 Å². The molecule has 0 saturated carbocycles. The lowest BCUT2D eigenvalue weighted by atomic mass is 10.1. The number of nitrogens with zero attached hydrogens (tertiary/aromatic N) is 1. The molecule has 0 aliphatic carbocycles. The lowest BCUT2D eigenvalue weighted by Gasteiger charge is -2.26. The third kappa shape index (κ3) is 2.84. The van der Waals surface area contributed by atoms with E-state index < -0.39 is 0 Å². The van der Waals surface area contributed by atoms with Crippen LogP contribution in [0.25, 0.3) is 0 Å². The number of rotatable bonds is 1. The first-order valence-corrected chi connectivity index (χ1v) is 6.09. The van der Waals surface area contributed by atoms with Gasteiger partial charge in [-0.25, -0.2) is 0 Å². The van der Waals surface area contributed by atoms with Gasteiger partial charge in [0.15, 0.2) is 0 Å². The molecule has 0 N–H and O–H groups in total. The van der Waals surface area contributed by atoms with E-state index in [4.69, 9.17) is 0 Å². The van der Waals surface area contributed by atoms with Crippen molar-refractivity contribution in [3.05, 3.63) is 29.8 Å². The minimum atomic E-state index is 0.434. The molecule has 86 valence electrons. The van der Waals surface area contributed by atoms with Crippen LogP contribution in [0.15, 0.2) is 24.3 Å². The second-order valence-corrected chi connectivity index (χ2v) is 4.57. The van der Waals surface area contributed by atoms with Gasteiger partial charge >= 0.3 is 0 Å². The number of carbonyl (C=O) groups is 1. The minimum Gasteiger partial charge on any atom is -0.372 e. The van der Waals surface area contributed by atoms with Crippen molar-refractivity contribution in [2.45, 2.75) is 32.6 Å². The van der Waals surface area contributed by atoms with Gasteiger partial charge in [-0.15, -0.1) is 0 Å². The molecule has 1 aromatic carbocycles. The zero-order valence-electron chi connectivity index (χ0n) is 9.91. The molecule has 0 bridgehead atoms. The highest BCUT2D eigenvalue weighted by atomic mass is 16.1. The van der Waals surface area contributed by atoms with Gasteiger partial charge in [-0.1, -0.05) is 17.7 Å². The molecule has 16 heavy (non-hydrogen) atoms. The number of ketones is 1. The predicted octanol–water partition coefficient (Wildman–Crippen LogP) is 2.94. The fourth-order valence-electron chi connectivity index (χ4n) is 2.18. The van der Waals surface area contributed by atoms with Crippen molar-refractivity contribution >= 4 is 11.5 Å². The third-order valence-corrected chi connectivity index (χ3v) is 3.17. The standard InChI is InChI=1S/C14H19NO/c1-12-6-8-13(9-7-12)15-10-2-4-14(16)5-3-11-15/h6-9H,2-5,10-11H2,1H3. The van der Waals surface area contributed by atoms with Gasteiger partial charge in [-0.05, 0) is 31.9 Å². The van der Waals surface area contributed by atoms with E-state index in [2.05, 4.69) is 36.1 Å². The molecule has 1 saturated heterocycles. The quantitative estimate of drug-likeness (QED) is 0.721. The lowest BCUT2D eigenvalue weighted by Crippen LogP contribution is -2.28. The fourth-order valence-corrected chi connectivity index (χ4v) is 2.18. The second kappa shape index (κ2) is 5.15. The van der Waals surface area contributed by atoms with E-state index in [1.807, 2.05) is 0 Å². The first kappa shape index (κ1) is 11.2. The molecular weight excluding hydrogens is 198 g/mol. The molecular formula is C14H19NO. The molecule has 1 aliphatic heterocycles. The summed E-state index contributed by atoms with van der Waals surface area (Å²) < 4.78 is 0. The van der Waals surface area contributed by atoms with Gasteiger partial charge in [0.25, 0.3) is 0 Å². The number of aryl methyl sites for hydroxylation is 1. The number of hydrogen-bond acceptors (Lipinski definition) is 2. The van der Waals surface area contributed by atoms with E-state index in [1.54, 1.807) is 0 Å². The summed E-state index contributed by atoms with van der Waals surface area (Å²) >= 11 is 0. The van der Waals surface area contributed by atoms with Crippen molar-refractivity contribution in [2.75, 3.05) is 18.0 Å². The molecule has 0 radical (unpaired) electrons. The summed E-state index contributed by atoms with van der Waals surface area (Å²) in [6, 6.07) is 8.66. The van der Waals surface area contributed by atoms with Crippen LogP contribution >= 0.6 is 0 Å². The van der Waals surface area contributed by atoms with E-state index >= 15 is 0 Å². The van der Waals surface area contributed by atoms with Crippen LogP contribution in [-0.2, 0) is 4.79 Å². The van der Waals surface area contributed by atoms with Crippen molar-refractivity contribution in [2.24, 2.45) is 0 Å². The van der Waals surface area contributed by atoms with Crippen molar-refractivity contribution < 1.29 is 4.79 Å². The Kier molecular flexibility index (Phi) is 3.60. The molecule has 0 aromatic heterocycles. The first-order valence-electron chi connectivity index (χ1n) is 6.09. The Morgan fingerprint density at radius 3 is 2.12 bits per heavy atom. The number of anilines is 1. The van der Waals surface area contributed by atoms with Gasteiger partial charge < -0.3 is 4.90 Å². The predicted molar refractivity (Wildman–Crippen MR) is 66.9 cm³/mol. The van der Waals surface area contributed by atoms with Crippen LogP contribution in [-0.4, -0.2) is 18.9 Å². The van der Waals surface area contributed by atoms with Crippen LogP contribution < -0.4 is 4.90 Å². The van der Waals surface area contributed by atoms with Gasteiger partial charge in [0.1, 0.15) is 5.78 Å². The molecule has 1 aromatic rings. The zero-order chi connectivity index (χ0) is 11.4. The molecule has 1 aliphatic rings. The van der Waals surface area contributed by atoms with Crippen LogP contribution in [0.4, 0.5) is 5.69 Å². The van der Waals surface area contributed by atoms with Crippen molar-refractivity contribution in [1.29, 1.82) is 0 Å². The van der Waals surface area contributed by atoms with Gasteiger partial charge in [0.05, 0.1) is 0 Å². The number of carbonyl (C=O) groups excluding carboxylic acids is 1. The minimum absolute atomic E-state index is 0.434. The Labute approximate surface area is 97.3 Å². The Morgan fingerprint density at radius 1 is 1.00 bits per heavy atom. The molecule has 0 unspecified atom stereocenters. The Balaban J connectivity index is 2.03. The average molecular weight is 217 g/mol. The second-order valence-electron chi connectivity index (χ2n) is 4.57. The topological polar surface area (TPSA) is 20.3 Å². The summed E-state index contributed by atoms with van der Waals surface area (Å²) in [5.74, 6) is 0.434. The van der Waals surface area contributed by atoms with Gasteiger partial charge in [-0.2, -0.15) is 0 Å². The monoisotopic (exact) mass is 217 g/mol. The molecule has 2 heteroatoms. The Bertz CT molecular complexity index is 344. The molecule has 1 heterocycles. The largest absolute Gasteiger partial charge is 0.372 e. The summed E-state index contributed by atoms with van der Waals surface area (Å²) in [7, 11) is 0. The normalized spacial score (nSPS) is 18.1. The van der Waals surface area contributed by atoms with E-state index in [0.717, 1.165) is 38.8 Å².